The molecule has 0 saturated heterocycles. The summed E-state index contributed by atoms with van der Waals surface area (Å²) in [6, 6.07) is 52.6. The summed E-state index contributed by atoms with van der Waals surface area (Å²) in [6.45, 7) is 0. The third-order valence-electron chi connectivity index (χ3n) is 9.97. The number of para-hydroxylation sites is 2. The van der Waals surface area contributed by atoms with Crippen molar-refractivity contribution in [2.75, 3.05) is 0 Å². The van der Waals surface area contributed by atoms with Gasteiger partial charge in [0, 0.05) is 58.4 Å². The van der Waals surface area contributed by atoms with E-state index in [1.54, 1.807) is 0 Å². The van der Waals surface area contributed by atoms with Gasteiger partial charge in [-0.1, -0.05) is 103 Å². The molecule has 0 aliphatic carbocycles. The van der Waals surface area contributed by atoms with Crippen molar-refractivity contribution in [2.24, 2.45) is 9.98 Å². The van der Waals surface area contributed by atoms with Crippen molar-refractivity contribution in [1.82, 2.24) is 5.32 Å². The fourth-order valence-corrected chi connectivity index (χ4v) is 8.76. The standard InChI is InChI=1S/C45H27N3O2S/c1-2-11-26(12-3-1)43-46-44(32-16-10-19-36-40(32)30-14-4-7-17-34(30)49-36)48-45(47-43)42-28(22-23-37-41(42)31-15-5-8-18-35(31)50-37)27-21-24-39-33(25-27)29-13-6-9-20-38(29)51-39/h1-25,44H,(H,46,47,48). The summed E-state index contributed by atoms with van der Waals surface area (Å²) < 4.78 is 15.3. The highest BCUT2D eigenvalue weighted by Gasteiger charge is 2.28. The number of fused-ring (bicyclic) bond motifs is 9. The lowest BCUT2D eigenvalue weighted by atomic mass is 9.93. The number of furan rings is 2. The van der Waals surface area contributed by atoms with Gasteiger partial charge in [-0.25, -0.2) is 9.98 Å². The maximum absolute atomic E-state index is 6.48. The minimum atomic E-state index is -0.443. The zero-order chi connectivity index (χ0) is 33.5. The lowest BCUT2D eigenvalue weighted by Crippen LogP contribution is -2.33. The van der Waals surface area contributed by atoms with E-state index in [0.29, 0.717) is 5.84 Å². The molecule has 10 aromatic rings. The molecule has 1 aliphatic rings. The van der Waals surface area contributed by atoms with Crippen LogP contribution in [0, 0.1) is 0 Å². The van der Waals surface area contributed by atoms with Gasteiger partial charge in [0.05, 0.1) is 0 Å². The van der Waals surface area contributed by atoms with Crippen LogP contribution in [0.25, 0.3) is 75.2 Å². The summed E-state index contributed by atoms with van der Waals surface area (Å²) in [5.41, 5.74) is 8.42. The van der Waals surface area contributed by atoms with E-state index in [1.807, 2.05) is 65.9 Å². The summed E-state index contributed by atoms with van der Waals surface area (Å²) in [5, 5.41) is 10.4. The fourth-order valence-electron chi connectivity index (χ4n) is 7.68. The van der Waals surface area contributed by atoms with Crippen LogP contribution in [0.4, 0.5) is 0 Å². The molecule has 0 amide bonds. The van der Waals surface area contributed by atoms with Crippen LogP contribution in [0.3, 0.4) is 0 Å². The van der Waals surface area contributed by atoms with Crippen molar-refractivity contribution in [1.29, 1.82) is 0 Å². The zero-order valence-electron chi connectivity index (χ0n) is 27.1. The van der Waals surface area contributed by atoms with Gasteiger partial charge in [0.15, 0.2) is 5.84 Å². The van der Waals surface area contributed by atoms with Gasteiger partial charge >= 0.3 is 0 Å². The van der Waals surface area contributed by atoms with Crippen LogP contribution < -0.4 is 5.32 Å². The van der Waals surface area contributed by atoms with Crippen molar-refractivity contribution >= 4 is 87.1 Å². The number of aliphatic imine (C=N–C) groups is 2. The predicted octanol–water partition coefficient (Wildman–Crippen LogP) is 12.0. The van der Waals surface area contributed by atoms with Crippen LogP contribution in [-0.4, -0.2) is 11.7 Å². The summed E-state index contributed by atoms with van der Waals surface area (Å²) >= 11 is 1.83. The lowest BCUT2D eigenvalue weighted by Gasteiger charge is -2.25. The fraction of sp³-hybridized carbons (Fsp3) is 0.0222. The molecular weight excluding hydrogens is 647 g/mol. The Kier molecular flexibility index (Phi) is 6.12. The number of benzene rings is 7. The summed E-state index contributed by atoms with van der Waals surface area (Å²) in [5.74, 6) is 1.40. The smallest absolute Gasteiger partial charge is 0.160 e. The molecule has 1 atom stereocenters. The van der Waals surface area contributed by atoms with Crippen molar-refractivity contribution in [3.63, 3.8) is 0 Å². The van der Waals surface area contributed by atoms with E-state index in [9.17, 15) is 0 Å². The Labute approximate surface area is 295 Å². The Morgan fingerprint density at radius 3 is 2.00 bits per heavy atom. The molecule has 0 fully saturated rings. The van der Waals surface area contributed by atoms with Gasteiger partial charge in [-0.05, 0) is 59.7 Å². The maximum atomic E-state index is 6.48. The molecular formula is C45H27N3O2S. The summed E-state index contributed by atoms with van der Waals surface area (Å²) in [7, 11) is 0. The number of thiophene rings is 1. The Bertz CT molecular complexity index is 3070. The van der Waals surface area contributed by atoms with Gasteiger partial charge in [-0.2, -0.15) is 0 Å². The number of hydrogen-bond donors (Lipinski definition) is 1. The van der Waals surface area contributed by atoms with Crippen LogP contribution in [0.15, 0.2) is 170 Å². The SMILES string of the molecule is c1ccc(C2=NC(c3c(-c4ccc5sc6ccccc6c5c4)ccc4oc5ccccc5c34)=NC(c3cccc4oc5ccccc5c34)N2)cc1. The first-order chi connectivity index (χ1) is 25.3. The van der Waals surface area contributed by atoms with Crippen LogP contribution in [0.1, 0.15) is 22.9 Å². The Balaban J connectivity index is 1.22. The number of hydrogen-bond acceptors (Lipinski definition) is 6. The zero-order valence-corrected chi connectivity index (χ0v) is 27.9. The monoisotopic (exact) mass is 673 g/mol. The molecule has 4 heterocycles. The highest BCUT2D eigenvalue weighted by atomic mass is 32.1. The van der Waals surface area contributed by atoms with Crippen LogP contribution in [-0.2, 0) is 0 Å². The Hall–Kier alpha value is -6.50. The predicted molar refractivity (Wildman–Crippen MR) is 211 cm³/mol. The van der Waals surface area contributed by atoms with Crippen molar-refractivity contribution < 1.29 is 8.83 Å². The number of rotatable bonds is 4. The van der Waals surface area contributed by atoms with E-state index in [2.05, 4.69) is 102 Å². The molecule has 7 aromatic carbocycles. The topological polar surface area (TPSA) is 63.0 Å². The molecule has 0 bridgehead atoms. The third kappa shape index (κ3) is 4.40. The average Bonchev–Trinajstić information content (AvgIpc) is 3.88. The Morgan fingerprint density at radius 1 is 0.510 bits per heavy atom. The maximum Gasteiger partial charge on any atom is 0.160 e. The molecule has 0 saturated carbocycles. The van der Waals surface area contributed by atoms with E-state index in [0.717, 1.165) is 77.5 Å². The summed E-state index contributed by atoms with van der Waals surface area (Å²) in [6.07, 6.45) is -0.443. The van der Waals surface area contributed by atoms with Gasteiger partial charge in [-0.15, -0.1) is 11.3 Å². The first-order valence-electron chi connectivity index (χ1n) is 17.0. The first kappa shape index (κ1) is 28.3. The van der Waals surface area contributed by atoms with Crippen molar-refractivity contribution in [3.8, 4) is 11.1 Å². The molecule has 5 nitrogen and oxygen atoms in total. The molecule has 0 spiro atoms. The van der Waals surface area contributed by atoms with Gasteiger partial charge in [-0.3, -0.25) is 0 Å². The van der Waals surface area contributed by atoms with Crippen molar-refractivity contribution in [2.45, 2.75) is 6.17 Å². The molecule has 1 N–H and O–H groups in total. The van der Waals surface area contributed by atoms with Gasteiger partial charge in [0.1, 0.15) is 34.3 Å². The highest BCUT2D eigenvalue weighted by molar-refractivity contribution is 7.25. The van der Waals surface area contributed by atoms with Crippen LogP contribution in [0.2, 0.25) is 0 Å². The normalized spacial score (nSPS) is 14.9. The molecule has 51 heavy (non-hydrogen) atoms. The minimum Gasteiger partial charge on any atom is -0.456 e. The molecule has 6 heteroatoms. The largest absolute Gasteiger partial charge is 0.456 e. The van der Waals surface area contributed by atoms with E-state index in [1.165, 1.54) is 20.2 Å². The van der Waals surface area contributed by atoms with E-state index < -0.39 is 6.17 Å². The number of nitrogens with one attached hydrogen (secondary N) is 1. The first-order valence-corrected chi connectivity index (χ1v) is 17.8. The van der Waals surface area contributed by atoms with Crippen LogP contribution in [0.5, 0.6) is 0 Å². The van der Waals surface area contributed by atoms with E-state index in [4.69, 9.17) is 18.8 Å². The quantitative estimate of drug-likeness (QED) is 0.202. The lowest BCUT2D eigenvalue weighted by molar-refractivity contribution is 0.662. The van der Waals surface area contributed by atoms with Crippen LogP contribution >= 0.6 is 11.3 Å². The molecule has 1 aliphatic heterocycles. The number of amidine groups is 2. The second-order valence-electron chi connectivity index (χ2n) is 12.9. The summed E-state index contributed by atoms with van der Waals surface area (Å²) in [4.78, 5) is 10.8. The second kappa shape index (κ2) is 11.0. The minimum absolute atomic E-state index is 0.443. The van der Waals surface area contributed by atoms with Crippen molar-refractivity contribution in [3.05, 3.63) is 168 Å². The third-order valence-corrected chi connectivity index (χ3v) is 11.1. The molecule has 11 rings (SSSR count). The number of nitrogens with zero attached hydrogens (tertiary/aromatic N) is 2. The van der Waals surface area contributed by atoms with E-state index in [-0.39, 0.29) is 0 Å². The highest BCUT2D eigenvalue weighted by Crippen LogP contribution is 2.42. The molecule has 240 valence electrons. The Morgan fingerprint density at radius 2 is 1.18 bits per heavy atom. The molecule has 1 unspecified atom stereocenters. The molecule has 0 radical (unpaired) electrons. The van der Waals surface area contributed by atoms with Gasteiger partial charge in [0.25, 0.3) is 0 Å². The second-order valence-corrected chi connectivity index (χ2v) is 14.0. The average molecular weight is 674 g/mol. The van der Waals surface area contributed by atoms with Gasteiger partial charge < -0.3 is 14.2 Å². The van der Waals surface area contributed by atoms with E-state index >= 15 is 0 Å². The molecule has 3 aromatic heterocycles. The van der Waals surface area contributed by atoms with Gasteiger partial charge in [0.2, 0.25) is 0 Å².